The number of piperidine rings is 1. The van der Waals surface area contributed by atoms with E-state index in [-0.39, 0.29) is 22.8 Å². The molecule has 2 fully saturated rings. The molecule has 1 aromatic heterocycles. The lowest BCUT2D eigenvalue weighted by atomic mass is 9.97. The Morgan fingerprint density at radius 2 is 1.91 bits per heavy atom. The summed E-state index contributed by atoms with van der Waals surface area (Å²) in [5, 5.41) is 14.1. The normalized spacial score (nSPS) is 17.6. The summed E-state index contributed by atoms with van der Waals surface area (Å²) in [6, 6.07) is 8.71. The van der Waals surface area contributed by atoms with Gasteiger partial charge in [0.1, 0.15) is 0 Å². The maximum atomic E-state index is 14.1. The average molecular weight is 454 g/mol. The molecule has 0 atom stereocenters. The Balaban J connectivity index is 1.62. The third kappa shape index (κ3) is 4.05. The van der Waals surface area contributed by atoms with E-state index in [4.69, 9.17) is 11.6 Å². The minimum atomic E-state index is -0.770. The fourth-order valence-corrected chi connectivity index (χ4v) is 4.58. The lowest BCUT2D eigenvalue weighted by molar-refractivity contribution is 0.0968. The van der Waals surface area contributed by atoms with Crippen LogP contribution in [-0.4, -0.2) is 47.0 Å². The van der Waals surface area contributed by atoms with Crippen molar-refractivity contribution in [2.75, 3.05) is 25.5 Å². The minimum absolute atomic E-state index is 0.0412. The molecule has 5 nitrogen and oxygen atoms in total. The number of hydrogen-bond donors (Lipinski definition) is 2. The monoisotopic (exact) mass is 453 g/mol. The highest BCUT2D eigenvalue weighted by Crippen LogP contribution is 2.39. The molecule has 2 N–H and O–H groups in total. The van der Waals surface area contributed by atoms with Crippen molar-refractivity contribution >= 4 is 34.0 Å². The first-order valence-electron chi connectivity index (χ1n) is 11.0. The van der Waals surface area contributed by atoms with Crippen LogP contribution in [0.15, 0.2) is 36.5 Å². The van der Waals surface area contributed by atoms with E-state index in [1.54, 1.807) is 6.20 Å². The number of carbonyl (C=O) groups is 1. The van der Waals surface area contributed by atoms with Gasteiger partial charge < -0.3 is 15.3 Å². The standard InChI is InChI=1S/C25H25ClFN3O2/c1-30-8-6-17(7-9-30)29-23-18-10-15(16-11-20(26)25(32)21(27)12-16)4-5-22(18)28-13-19(23)24(31)14-2-3-14/h4-5,10-14,17,32H,2-3,6-9H2,1H3,(H,28,29). The first-order chi connectivity index (χ1) is 15.4. The van der Waals surface area contributed by atoms with Crippen LogP contribution < -0.4 is 5.32 Å². The molecule has 5 rings (SSSR count). The maximum absolute atomic E-state index is 14.1. The van der Waals surface area contributed by atoms with Crippen LogP contribution in [-0.2, 0) is 0 Å². The van der Waals surface area contributed by atoms with Crippen LogP contribution in [0.25, 0.3) is 22.0 Å². The predicted octanol–water partition coefficient (Wildman–Crippen LogP) is 5.50. The van der Waals surface area contributed by atoms with Gasteiger partial charge >= 0.3 is 0 Å². The molecule has 2 aliphatic rings. The molecule has 0 spiro atoms. The molecule has 1 aliphatic carbocycles. The first-order valence-corrected chi connectivity index (χ1v) is 11.4. The third-order valence-corrected chi connectivity index (χ3v) is 6.79. The highest BCUT2D eigenvalue weighted by molar-refractivity contribution is 6.32. The van der Waals surface area contributed by atoms with E-state index in [1.807, 2.05) is 18.2 Å². The van der Waals surface area contributed by atoms with Gasteiger partial charge in [-0.1, -0.05) is 17.7 Å². The van der Waals surface area contributed by atoms with E-state index in [0.29, 0.717) is 11.1 Å². The molecule has 166 valence electrons. The number of phenolic OH excluding ortho intramolecular Hbond substituents is 1. The number of Topliss-reactive ketones (excluding diaryl/α,β-unsaturated/α-hetero) is 1. The van der Waals surface area contributed by atoms with E-state index < -0.39 is 11.6 Å². The van der Waals surface area contributed by atoms with Crippen LogP contribution in [0.1, 0.15) is 36.0 Å². The summed E-state index contributed by atoms with van der Waals surface area (Å²) in [5.41, 5.74) is 3.50. The molecule has 0 unspecified atom stereocenters. The smallest absolute Gasteiger partial charge is 0.170 e. The number of phenols is 1. The van der Waals surface area contributed by atoms with Crippen LogP contribution in [0.4, 0.5) is 10.1 Å². The van der Waals surface area contributed by atoms with Gasteiger partial charge in [-0.05, 0) is 81.2 Å². The number of hydrogen-bond acceptors (Lipinski definition) is 5. The van der Waals surface area contributed by atoms with Crippen molar-refractivity contribution in [3.63, 3.8) is 0 Å². The van der Waals surface area contributed by atoms with Gasteiger partial charge in [0.25, 0.3) is 0 Å². The largest absolute Gasteiger partial charge is 0.504 e. The molecular weight excluding hydrogens is 429 g/mol. The topological polar surface area (TPSA) is 65.5 Å². The van der Waals surface area contributed by atoms with Crippen molar-refractivity contribution in [2.45, 2.75) is 31.7 Å². The van der Waals surface area contributed by atoms with Gasteiger partial charge in [0.15, 0.2) is 17.3 Å². The number of pyridine rings is 1. The molecule has 1 aliphatic heterocycles. The van der Waals surface area contributed by atoms with Gasteiger partial charge in [0, 0.05) is 23.5 Å². The zero-order valence-corrected chi connectivity index (χ0v) is 18.6. The lowest BCUT2D eigenvalue weighted by Gasteiger charge is -2.31. The van der Waals surface area contributed by atoms with Gasteiger partial charge in [-0.25, -0.2) is 4.39 Å². The molecule has 32 heavy (non-hydrogen) atoms. The number of fused-ring (bicyclic) bond motifs is 1. The molecular formula is C25H25ClFN3O2. The van der Waals surface area contributed by atoms with Gasteiger partial charge in [0.2, 0.25) is 0 Å². The Hall–Kier alpha value is -2.70. The van der Waals surface area contributed by atoms with Crippen molar-refractivity contribution in [3.05, 3.63) is 52.9 Å². The second kappa shape index (κ2) is 8.34. The van der Waals surface area contributed by atoms with Crippen molar-refractivity contribution in [1.82, 2.24) is 9.88 Å². The molecule has 1 saturated heterocycles. The fourth-order valence-electron chi connectivity index (χ4n) is 4.37. The summed E-state index contributed by atoms with van der Waals surface area (Å²) >= 11 is 6.00. The summed E-state index contributed by atoms with van der Waals surface area (Å²) in [7, 11) is 2.12. The van der Waals surface area contributed by atoms with Gasteiger partial charge in [-0.3, -0.25) is 9.78 Å². The molecule has 0 amide bonds. The highest BCUT2D eigenvalue weighted by atomic mass is 35.5. The number of nitrogens with zero attached hydrogens (tertiary/aromatic N) is 2. The Bertz CT molecular complexity index is 1180. The Morgan fingerprint density at radius 1 is 1.16 bits per heavy atom. The van der Waals surface area contributed by atoms with Crippen molar-refractivity contribution < 1.29 is 14.3 Å². The quantitative estimate of drug-likeness (QED) is 0.499. The van der Waals surface area contributed by atoms with Gasteiger partial charge in [0.05, 0.1) is 21.8 Å². The van der Waals surface area contributed by atoms with Crippen LogP contribution in [0.2, 0.25) is 5.02 Å². The molecule has 3 aromatic rings. The molecule has 7 heteroatoms. The number of carbonyl (C=O) groups excluding carboxylic acids is 1. The van der Waals surface area contributed by atoms with Crippen LogP contribution in [0.3, 0.4) is 0 Å². The molecule has 2 heterocycles. The Morgan fingerprint density at radius 3 is 2.59 bits per heavy atom. The number of benzene rings is 2. The number of likely N-dealkylation sites (tertiary alicyclic amines) is 1. The number of aromatic hydroxyl groups is 1. The highest BCUT2D eigenvalue weighted by Gasteiger charge is 2.33. The number of aromatic nitrogens is 1. The predicted molar refractivity (Wildman–Crippen MR) is 125 cm³/mol. The summed E-state index contributed by atoms with van der Waals surface area (Å²) in [6.07, 6.45) is 5.54. The summed E-state index contributed by atoms with van der Waals surface area (Å²) in [4.78, 5) is 19.9. The summed E-state index contributed by atoms with van der Waals surface area (Å²) in [5.74, 6) is -1.10. The molecule has 0 radical (unpaired) electrons. The van der Waals surface area contributed by atoms with E-state index in [1.165, 1.54) is 12.1 Å². The lowest BCUT2D eigenvalue weighted by Crippen LogP contribution is -2.37. The van der Waals surface area contributed by atoms with Crippen LogP contribution in [0, 0.1) is 11.7 Å². The van der Waals surface area contributed by atoms with Crippen molar-refractivity contribution in [2.24, 2.45) is 5.92 Å². The number of halogens is 2. The molecule has 2 aromatic carbocycles. The van der Waals surface area contributed by atoms with Crippen LogP contribution in [0.5, 0.6) is 5.75 Å². The van der Waals surface area contributed by atoms with E-state index in [9.17, 15) is 14.3 Å². The molecule has 1 saturated carbocycles. The molecule has 0 bridgehead atoms. The van der Waals surface area contributed by atoms with Crippen molar-refractivity contribution in [1.29, 1.82) is 0 Å². The maximum Gasteiger partial charge on any atom is 0.170 e. The minimum Gasteiger partial charge on any atom is -0.504 e. The second-order valence-electron chi connectivity index (χ2n) is 8.93. The van der Waals surface area contributed by atoms with Crippen LogP contribution >= 0.6 is 11.6 Å². The Labute approximate surface area is 191 Å². The summed E-state index contributed by atoms with van der Waals surface area (Å²) in [6.45, 7) is 2.01. The SMILES string of the molecule is CN1CCC(Nc2c(C(=O)C3CC3)cnc3ccc(-c4cc(F)c(O)c(Cl)c4)cc23)CC1. The number of anilines is 1. The number of nitrogens with one attached hydrogen (secondary N) is 1. The average Bonchev–Trinajstić information content (AvgIpc) is 3.63. The zero-order chi connectivity index (χ0) is 22.4. The van der Waals surface area contributed by atoms with E-state index in [2.05, 4.69) is 22.2 Å². The first kappa shape index (κ1) is 21.2. The van der Waals surface area contributed by atoms with E-state index in [0.717, 1.165) is 60.9 Å². The van der Waals surface area contributed by atoms with Crippen molar-refractivity contribution in [3.8, 4) is 16.9 Å². The van der Waals surface area contributed by atoms with Gasteiger partial charge in [-0.15, -0.1) is 0 Å². The second-order valence-corrected chi connectivity index (χ2v) is 9.33. The van der Waals surface area contributed by atoms with Gasteiger partial charge in [-0.2, -0.15) is 0 Å². The summed E-state index contributed by atoms with van der Waals surface area (Å²) < 4.78 is 14.1. The number of rotatable bonds is 5. The zero-order valence-electron chi connectivity index (χ0n) is 17.9. The number of ketones is 1. The van der Waals surface area contributed by atoms with E-state index >= 15 is 0 Å². The fraction of sp³-hybridized carbons (Fsp3) is 0.360. The Kier molecular flexibility index (Phi) is 5.51. The third-order valence-electron chi connectivity index (χ3n) is 6.50.